The van der Waals surface area contributed by atoms with E-state index in [4.69, 9.17) is 0 Å². The van der Waals surface area contributed by atoms with Gasteiger partial charge < -0.3 is 0 Å². The monoisotopic (exact) mass is 424 g/mol. The summed E-state index contributed by atoms with van der Waals surface area (Å²) in [6.45, 7) is 0. The summed E-state index contributed by atoms with van der Waals surface area (Å²) in [5.74, 6) is 0. The first-order valence-corrected chi connectivity index (χ1v) is 9.80. The lowest BCUT2D eigenvalue weighted by atomic mass is 10.1. The Balaban J connectivity index is 1.55. The molecule has 0 saturated carbocycles. The fourth-order valence-corrected chi connectivity index (χ4v) is 2.87. The minimum atomic E-state index is -0.410. The van der Waals surface area contributed by atoms with Crippen molar-refractivity contribution >= 4 is 35.7 Å². The third-order valence-electron chi connectivity index (χ3n) is 4.48. The van der Waals surface area contributed by atoms with Crippen LogP contribution in [-0.4, -0.2) is 9.85 Å². The third-order valence-corrected chi connectivity index (χ3v) is 4.48. The molecule has 0 aliphatic heterocycles. The van der Waals surface area contributed by atoms with E-state index >= 15 is 0 Å². The minimum Gasteiger partial charge on any atom is -0.258 e. The molecule has 0 unspecified atom stereocenters. The zero-order chi connectivity index (χ0) is 22.8. The lowest BCUT2D eigenvalue weighted by Crippen LogP contribution is -1.87. The van der Waals surface area contributed by atoms with Crippen molar-refractivity contribution < 1.29 is 9.85 Å². The second kappa shape index (κ2) is 11.0. The molecule has 0 N–H and O–H groups in total. The maximum absolute atomic E-state index is 10.8. The SMILES string of the molecule is O=[N+]([O-])c1cccc(/C=C/C=C/c2ccc(/C=C/C=C/c3cccc([N+](=O)[O-])c3)cc2)c1. The van der Waals surface area contributed by atoms with Crippen LogP contribution in [0.4, 0.5) is 11.4 Å². The van der Waals surface area contributed by atoms with E-state index in [9.17, 15) is 20.2 Å². The Hall–Kier alpha value is -4.58. The maximum atomic E-state index is 10.8. The first-order chi connectivity index (χ1) is 15.5. The van der Waals surface area contributed by atoms with Crippen molar-refractivity contribution in [3.63, 3.8) is 0 Å². The molecule has 0 heterocycles. The smallest absolute Gasteiger partial charge is 0.258 e. The zero-order valence-electron chi connectivity index (χ0n) is 17.1. The Labute approximate surface area is 185 Å². The number of benzene rings is 3. The highest BCUT2D eigenvalue weighted by Gasteiger charge is 2.03. The molecule has 0 spiro atoms. The highest BCUT2D eigenvalue weighted by atomic mass is 16.6. The molecule has 0 radical (unpaired) electrons. The first kappa shape index (κ1) is 22.1. The van der Waals surface area contributed by atoms with Crippen LogP contribution in [0, 0.1) is 20.2 Å². The minimum absolute atomic E-state index is 0.0692. The molecule has 0 amide bonds. The largest absolute Gasteiger partial charge is 0.270 e. The van der Waals surface area contributed by atoms with Crippen LogP contribution >= 0.6 is 0 Å². The summed E-state index contributed by atoms with van der Waals surface area (Å²) in [5.41, 5.74) is 3.72. The molecule has 3 aromatic rings. The highest BCUT2D eigenvalue weighted by Crippen LogP contribution is 2.15. The molecule has 32 heavy (non-hydrogen) atoms. The van der Waals surface area contributed by atoms with E-state index in [1.807, 2.05) is 85.0 Å². The molecule has 0 fully saturated rings. The van der Waals surface area contributed by atoms with Crippen molar-refractivity contribution in [2.45, 2.75) is 0 Å². The summed E-state index contributed by atoms with van der Waals surface area (Å²) < 4.78 is 0. The topological polar surface area (TPSA) is 86.3 Å². The average molecular weight is 424 g/mol. The van der Waals surface area contributed by atoms with Crippen LogP contribution in [-0.2, 0) is 0 Å². The van der Waals surface area contributed by atoms with Gasteiger partial charge in [-0.05, 0) is 22.3 Å². The van der Waals surface area contributed by atoms with Gasteiger partial charge in [-0.3, -0.25) is 20.2 Å². The summed E-state index contributed by atoms with van der Waals surface area (Å²) >= 11 is 0. The van der Waals surface area contributed by atoms with Crippen LogP contribution < -0.4 is 0 Å². The lowest BCUT2D eigenvalue weighted by Gasteiger charge is -1.96. The quantitative estimate of drug-likeness (QED) is 0.222. The number of nitrogens with zero attached hydrogens (tertiary/aromatic N) is 2. The number of hydrogen-bond acceptors (Lipinski definition) is 4. The van der Waals surface area contributed by atoms with Gasteiger partial charge in [-0.2, -0.15) is 0 Å². The standard InChI is InChI=1S/C26H20N2O4/c29-27(30)25-13-5-11-23(19-25)9-3-1-7-21-15-17-22(18-16-21)8-2-4-10-24-12-6-14-26(20-24)28(31)32/h1-20H/b7-1+,8-2+,9-3+,10-4+. The summed E-state index contributed by atoms with van der Waals surface area (Å²) in [5, 5.41) is 21.6. The van der Waals surface area contributed by atoms with Gasteiger partial charge >= 0.3 is 0 Å². The van der Waals surface area contributed by atoms with Crippen molar-refractivity contribution in [2.24, 2.45) is 0 Å². The summed E-state index contributed by atoms with van der Waals surface area (Å²) in [6, 6.07) is 20.9. The summed E-state index contributed by atoms with van der Waals surface area (Å²) in [4.78, 5) is 20.8. The first-order valence-electron chi connectivity index (χ1n) is 9.80. The molecule has 6 heteroatoms. The molecule has 158 valence electrons. The van der Waals surface area contributed by atoms with E-state index < -0.39 is 9.85 Å². The Morgan fingerprint density at radius 3 is 1.19 bits per heavy atom. The van der Waals surface area contributed by atoms with E-state index in [0.717, 1.165) is 22.3 Å². The Morgan fingerprint density at radius 1 is 0.500 bits per heavy atom. The average Bonchev–Trinajstić information content (AvgIpc) is 2.81. The van der Waals surface area contributed by atoms with Crippen molar-refractivity contribution in [2.75, 3.05) is 0 Å². The van der Waals surface area contributed by atoms with E-state index in [1.54, 1.807) is 12.1 Å². The molecule has 0 aromatic heterocycles. The number of non-ortho nitro benzene ring substituents is 2. The van der Waals surface area contributed by atoms with Crippen molar-refractivity contribution in [3.05, 3.63) is 140 Å². The van der Waals surface area contributed by atoms with Gasteiger partial charge in [0.25, 0.3) is 11.4 Å². The second-order valence-electron chi connectivity index (χ2n) is 6.81. The number of nitro groups is 2. The van der Waals surface area contributed by atoms with Crippen molar-refractivity contribution in [3.8, 4) is 0 Å². The predicted molar refractivity (Wildman–Crippen MR) is 129 cm³/mol. The van der Waals surface area contributed by atoms with Crippen LogP contribution in [0.15, 0.2) is 97.1 Å². The molecule has 3 aromatic carbocycles. The summed E-state index contributed by atoms with van der Waals surface area (Å²) in [6.07, 6.45) is 15.0. The normalized spacial score (nSPS) is 11.8. The van der Waals surface area contributed by atoms with Gasteiger partial charge in [0.2, 0.25) is 0 Å². The molecule has 6 nitrogen and oxygen atoms in total. The van der Waals surface area contributed by atoms with Gasteiger partial charge in [0, 0.05) is 24.3 Å². The fourth-order valence-electron chi connectivity index (χ4n) is 2.87. The van der Waals surface area contributed by atoms with Crippen LogP contribution in [0.3, 0.4) is 0 Å². The molecule has 3 rings (SSSR count). The van der Waals surface area contributed by atoms with Gasteiger partial charge in [0.1, 0.15) is 0 Å². The van der Waals surface area contributed by atoms with Crippen LogP contribution in [0.1, 0.15) is 22.3 Å². The van der Waals surface area contributed by atoms with Gasteiger partial charge in [-0.25, -0.2) is 0 Å². The van der Waals surface area contributed by atoms with Crippen molar-refractivity contribution in [1.82, 2.24) is 0 Å². The van der Waals surface area contributed by atoms with Gasteiger partial charge in [-0.15, -0.1) is 0 Å². The fraction of sp³-hybridized carbons (Fsp3) is 0. The molecule has 0 bridgehead atoms. The number of rotatable bonds is 8. The molecular weight excluding hydrogens is 404 g/mol. The molecule has 0 aliphatic rings. The number of hydrogen-bond donors (Lipinski definition) is 0. The lowest BCUT2D eigenvalue weighted by molar-refractivity contribution is -0.385. The van der Waals surface area contributed by atoms with Crippen LogP contribution in [0.2, 0.25) is 0 Å². The second-order valence-corrected chi connectivity index (χ2v) is 6.81. The maximum Gasteiger partial charge on any atom is 0.270 e. The van der Waals surface area contributed by atoms with Gasteiger partial charge in [0.05, 0.1) is 9.85 Å². The van der Waals surface area contributed by atoms with E-state index in [0.29, 0.717) is 0 Å². The molecule has 0 atom stereocenters. The molecule has 0 saturated heterocycles. The molecule has 0 aliphatic carbocycles. The Morgan fingerprint density at radius 2 is 0.844 bits per heavy atom. The Kier molecular flexibility index (Phi) is 7.59. The molecular formula is C26H20N2O4. The van der Waals surface area contributed by atoms with E-state index in [1.165, 1.54) is 24.3 Å². The van der Waals surface area contributed by atoms with Gasteiger partial charge in [0.15, 0.2) is 0 Å². The zero-order valence-corrected chi connectivity index (χ0v) is 17.1. The van der Waals surface area contributed by atoms with E-state index in [2.05, 4.69) is 0 Å². The van der Waals surface area contributed by atoms with Crippen molar-refractivity contribution in [1.29, 1.82) is 0 Å². The van der Waals surface area contributed by atoms with E-state index in [-0.39, 0.29) is 11.4 Å². The van der Waals surface area contributed by atoms with Crippen LogP contribution in [0.25, 0.3) is 24.3 Å². The number of nitro benzene ring substituents is 2. The Bertz CT molecular complexity index is 1130. The predicted octanol–water partition coefficient (Wildman–Crippen LogP) is 6.96. The van der Waals surface area contributed by atoms with Gasteiger partial charge in [-0.1, -0.05) is 97.1 Å². The summed E-state index contributed by atoms with van der Waals surface area (Å²) in [7, 11) is 0. The number of allylic oxidation sites excluding steroid dienone is 4. The third kappa shape index (κ3) is 6.74. The van der Waals surface area contributed by atoms with Crippen LogP contribution in [0.5, 0.6) is 0 Å². The highest BCUT2D eigenvalue weighted by molar-refractivity contribution is 5.62.